The molecule has 0 saturated heterocycles. The number of hydrogen-bond acceptors (Lipinski definition) is 8. The quantitative estimate of drug-likeness (QED) is 0.0195. The number of nitrogens with zero attached hydrogens (tertiary/aromatic N) is 1. The molecule has 0 amide bonds. The summed E-state index contributed by atoms with van der Waals surface area (Å²) in [5, 5.41) is 11.7. The monoisotopic (exact) mass is 928 g/mol. The van der Waals surface area contributed by atoms with Gasteiger partial charge >= 0.3 is 11.9 Å². The Morgan fingerprint density at radius 3 is 1.21 bits per heavy atom. The summed E-state index contributed by atoms with van der Waals surface area (Å²) in [6.07, 6.45) is 66.0. The molecular weight excluding hydrogens is 839 g/mol. The first-order valence-electron chi connectivity index (χ1n) is 25.0. The van der Waals surface area contributed by atoms with Crippen molar-refractivity contribution in [3.63, 3.8) is 0 Å². The first kappa shape index (κ1) is 62.2. The van der Waals surface area contributed by atoms with Gasteiger partial charge in [0.05, 0.1) is 40.3 Å². The van der Waals surface area contributed by atoms with E-state index in [-0.39, 0.29) is 32.7 Å². The van der Waals surface area contributed by atoms with Crippen molar-refractivity contribution >= 4 is 17.9 Å². The summed E-state index contributed by atoms with van der Waals surface area (Å²) >= 11 is 0. The molecule has 0 rings (SSSR count). The van der Waals surface area contributed by atoms with Crippen molar-refractivity contribution in [2.24, 2.45) is 0 Å². The third kappa shape index (κ3) is 48.9. The number of carboxylic acids is 1. The Balaban J connectivity index is 4.58. The number of rotatable bonds is 43. The molecule has 0 spiro atoms. The predicted octanol–water partition coefficient (Wildman–Crippen LogP) is 12.8. The van der Waals surface area contributed by atoms with Crippen LogP contribution in [0.2, 0.25) is 0 Å². The Morgan fingerprint density at radius 1 is 0.448 bits per heavy atom. The van der Waals surface area contributed by atoms with Crippen LogP contribution >= 0.6 is 0 Å². The van der Waals surface area contributed by atoms with Crippen LogP contribution < -0.4 is 5.11 Å². The molecule has 0 saturated carbocycles. The Labute approximate surface area is 407 Å². The molecule has 0 aliphatic rings. The topological polar surface area (TPSA) is 111 Å². The summed E-state index contributed by atoms with van der Waals surface area (Å²) in [7, 11) is 5.87. The van der Waals surface area contributed by atoms with E-state index in [1.165, 1.54) is 0 Å². The summed E-state index contributed by atoms with van der Waals surface area (Å²) in [5.74, 6) is -2.44. The molecule has 0 aliphatic heterocycles. The first-order valence-corrected chi connectivity index (χ1v) is 25.0. The number of aliphatic carboxylic acids is 1. The van der Waals surface area contributed by atoms with Gasteiger partial charge in [-0.25, -0.2) is 0 Å². The van der Waals surface area contributed by atoms with E-state index in [4.69, 9.17) is 18.9 Å². The van der Waals surface area contributed by atoms with Crippen molar-refractivity contribution in [3.8, 4) is 0 Å². The second kappa shape index (κ2) is 47.7. The second-order valence-electron chi connectivity index (χ2n) is 17.0. The normalized spacial score (nSPS) is 14.1. The Morgan fingerprint density at radius 2 is 0.821 bits per heavy atom. The molecule has 9 heteroatoms. The van der Waals surface area contributed by atoms with Gasteiger partial charge in [0.2, 0.25) is 0 Å². The van der Waals surface area contributed by atoms with E-state index < -0.39 is 30.3 Å². The second-order valence-corrected chi connectivity index (χ2v) is 17.0. The van der Waals surface area contributed by atoms with Crippen molar-refractivity contribution in [1.82, 2.24) is 0 Å². The molecule has 0 aromatic carbocycles. The molecule has 0 N–H and O–H groups in total. The zero-order chi connectivity index (χ0) is 49.2. The van der Waals surface area contributed by atoms with Gasteiger partial charge in [0, 0.05) is 12.8 Å². The molecular formula is C58H89NO8. The Bertz CT molecular complexity index is 1600. The fourth-order valence-electron chi connectivity index (χ4n) is 5.78. The predicted molar refractivity (Wildman–Crippen MR) is 278 cm³/mol. The lowest BCUT2D eigenvalue weighted by molar-refractivity contribution is -0.870. The zero-order valence-electron chi connectivity index (χ0n) is 42.2. The molecule has 0 aromatic heterocycles. The number of carboxylic acid groups (broad SMARTS) is 1. The van der Waals surface area contributed by atoms with E-state index in [1.54, 1.807) is 0 Å². The molecule has 0 fully saturated rings. The van der Waals surface area contributed by atoms with Crippen molar-refractivity contribution < 1.29 is 42.9 Å². The molecule has 0 aromatic rings. The highest BCUT2D eigenvalue weighted by molar-refractivity contribution is 5.70. The number of carbonyl (C=O) groups is 3. The zero-order valence-corrected chi connectivity index (χ0v) is 42.2. The van der Waals surface area contributed by atoms with Crippen molar-refractivity contribution in [3.05, 3.63) is 146 Å². The molecule has 0 heterocycles. The van der Waals surface area contributed by atoms with Crippen molar-refractivity contribution in [2.45, 2.75) is 155 Å². The minimum atomic E-state index is -1.65. The SMILES string of the molecule is CC/C=C\C/C=C\C/C=C\C/C=C\C/C=C\C/C=C\C/C=C\CCCC(=O)OC(COC(=O)CCCCC/C=C\C/C=C\C/C=C\C/C=C\C/C=C\CC)COC(OCC[N+](C)(C)C)C(=O)[O-]. The fraction of sp³-hybridized carbons (Fsp3) is 0.534. The molecule has 374 valence electrons. The number of quaternary nitrogens is 1. The molecule has 9 nitrogen and oxygen atoms in total. The van der Waals surface area contributed by atoms with Gasteiger partial charge < -0.3 is 33.3 Å². The molecule has 67 heavy (non-hydrogen) atoms. The molecule has 0 radical (unpaired) electrons. The van der Waals surface area contributed by atoms with Crippen LogP contribution in [0.5, 0.6) is 0 Å². The van der Waals surface area contributed by atoms with Crippen LogP contribution in [0.1, 0.15) is 142 Å². The van der Waals surface area contributed by atoms with Gasteiger partial charge in [-0.1, -0.05) is 166 Å². The van der Waals surface area contributed by atoms with Crippen LogP contribution in [0, 0.1) is 0 Å². The number of ether oxygens (including phenoxy) is 4. The minimum absolute atomic E-state index is 0.121. The largest absolute Gasteiger partial charge is 0.545 e. The van der Waals surface area contributed by atoms with Crippen LogP contribution in [0.3, 0.4) is 0 Å². The third-order valence-corrected chi connectivity index (χ3v) is 9.58. The Hall–Kier alpha value is -4.83. The average molecular weight is 928 g/mol. The van der Waals surface area contributed by atoms with Crippen LogP contribution in [-0.4, -0.2) is 82.3 Å². The van der Waals surface area contributed by atoms with Crippen LogP contribution in [0.25, 0.3) is 0 Å². The molecule has 2 atom stereocenters. The summed E-state index contributed by atoms with van der Waals surface area (Å²) in [4.78, 5) is 37.1. The van der Waals surface area contributed by atoms with Gasteiger partial charge in [0.1, 0.15) is 13.2 Å². The lowest BCUT2D eigenvalue weighted by atomic mass is 10.1. The maximum absolute atomic E-state index is 12.8. The van der Waals surface area contributed by atoms with Gasteiger partial charge in [0.15, 0.2) is 12.4 Å². The summed E-state index contributed by atoms with van der Waals surface area (Å²) in [5.41, 5.74) is 0. The lowest BCUT2D eigenvalue weighted by Gasteiger charge is -2.26. The fourth-order valence-corrected chi connectivity index (χ4v) is 5.78. The highest BCUT2D eigenvalue weighted by Crippen LogP contribution is 2.10. The van der Waals surface area contributed by atoms with Gasteiger partial charge in [0.25, 0.3) is 0 Å². The maximum Gasteiger partial charge on any atom is 0.306 e. The van der Waals surface area contributed by atoms with E-state index in [0.29, 0.717) is 30.3 Å². The van der Waals surface area contributed by atoms with Crippen molar-refractivity contribution in [2.75, 3.05) is 47.5 Å². The minimum Gasteiger partial charge on any atom is -0.545 e. The van der Waals surface area contributed by atoms with Gasteiger partial charge in [-0.3, -0.25) is 9.59 Å². The highest BCUT2D eigenvalue weighted by atomic mass is 16.7. The van der Waals surface area contributed by atoms with Crippen LogP contribution in [0.4, 0.5) is 0 Å². The summed E-state index contributed by atoms with van der Waals surface area (Å²) in [6.45, 7) is 4.36. The van der Waals surface area contributed by atoms with Crippen LogP contribution in [-0.2, 0) is 33.3 Å². The summed E-state index contributed by atoms with van der Waals surface area (Å²) < 4.78 is 22.5. The third-order valence-electron chi connectivity index (χ3n) is 9.58. The molecule has 0 bridgehead atoms. The lowest BCUT2D eigenvalue weighted by Crippen LogP contribution is -2.44. The first-order chi connectivity index (χ1) is 32.6. The van der Waals surface area contributed by atoms with E-state index in [0.717, 1.165) is 96.3 Å². The maximum atomic E-state index is 12.8. The van der Waals surface area contributed by atoms with Gasteiger partial charge in [-0.15, -0.1) is 0 Å². The number of hydrogen-bond donors (Lipinski definition) is 0. The van der Waals surface area contributed by atoms with Gasteiger partial charge in [-0.2, -0.15) is 0 Å². The number of allylic oxidation sites excluding steroid dienone is 24. The van der Waals surface area contributed by atoms with Crippen molar-refractivity contribution in [1.29, 1.82) is 0 Å². The van der Waals surface area contributed by atoms with E-state index in [9.17, 15) is 19.5 Å². The smallest absolute Gasteiger partial charge is 0.306 e. The summed E-state index contributed by atoms with van der Waals surface area (Å²) in [6, 6.07) is 0. The molecule has 0 aliphatic carbocycles. The number of unbranched alkanes of at least 4 members (excludes halogenated alkanes) is 4. The number of esters is 2. The van der Waals surface area contributed by atoms with E-state index >= 15 is 0 Å². The number of carbonyl (C=O) groups excluding carboxylic acids is 3. The van der Waals surface area contributed by atoms with E-state index in [1.807, 2.05) is 27.2 Å². The average Bonchev–Trinajstić information content (AvgIpc) is 3.29. The Kier molecular flexibility index (Phi) is 44.2. The van der Waals surface area contributed by atoms with E-state index in [2.05, 4.69) is 154 Å². The van der Waals surface area contributed by atoms with Crippen LogP contribution in [0.15, 0.2) is 146 Å². The molecule has 2 unspecified atom stereocenters. The standard InChI is InChI=1S/C58H89NO8/c1-6-8-10-12-14-16-18-20-22-24-26-27-28-29-31-33-35-37-39-41-43-45-47-49-56(61)67-54(53-66-58(57(62)63)64-51-50-59(3,4)5)52-65-55(60)48-46-44-42-40-38-36-34-32-30-25-23-21-19-17-15-13-11-9-7-2/h8-11,14-17,20-23,26-27,29-32,35-38,41,43,54,58H,6-7,12-13,18-19,24-25,28,33-34,39-40,42,44-53H2,1-5H3/b10-8-,11-9-,16-14-,17-15-,22-20-,23-21-,27-26-,31-29-,32-30-,37-35-,38-36-,43-41-. The van der Waals surface area contributed by atoms with Gasteiger partial charge in [-0.05, 0) is 109 Å². The number of likely N-dealkylation sites (N-methyl/N-ethyl adjacent to an activating group) is 1. The highest BCUT2D eigenvalue weighted by Gasteiger charge is 2.21.